The summed E-state index contributed by atoms with van der Waals surface area (Å²) >= 11 is 0. The average Bonchev–Trinajstić information content (AvgIpc) is 2.85. The highest BCUT2D eigenvalue weighted by Gasteiger charge is 2.08. The Morgan fingerprint density at radius 3 is 2.71 bits per heavy atom. The molecular formula is C13H13N3O. The predicted octanol–water partition coefficient (Wildman–Crippen LogP) is 2.85. The number of nitrogens with zero attached hydrogens (tertiary/aromatic N) is 3. The van der Waals surface area contributed by atoms with Crippen LogP contribution in [0.2, 0.25) is 0 Å². The number of hydrogen-bond donors (Lipinski definition) is 0. The summed E-state index contributed by atoms with van der Waals surface area (Å²) in [6.45, 7) is 3.91. The summed E-state index contributed by atoms with van der Waals surface area (Å²) in [6.07, 6.45) is 0. The van der Waals surface area contributed by atoms with Gasteiger partial charge in [0.1, 0.15) is 5.82 Å². The lowest BCUT2D eigenvalue weighted by Gasteiger charge is -1.97. The van der Waals surface area contributed by atoms with Crippen molar-refractivity contribution in [3.8, 4) is 11.3 Å². The van der Waals surface area contributed by atoms with Crippen LogP contribution in [0.1, 0.15) is 11.5 Å². The van der Waals surface area contributed by atoms with Crippen molar-refractivity contribution in [2.24, 2.45) is 7.05 Å². The first-order chi connectivity index (χ1) is 8.15. The molecular weight excluding hydrogens is 214 g/mol. The fourth-order valence-corrected chi connectivity index (χ4v) is 1.97. The largest absolute Gasteiger partial charge is 0.356 e. The van der Waals surface area contributed by atoms with E-state index < -0.39 is 0 Å². The van der Waals surface area contributed by atoms with Crippen LogP contribution >= 0.6 is 0 Å². The van der Waals surface area contributed by atoms with Crippen LogP contribution in [0.5, 0.6) is 0 Å². The molecule has 0 bridgehead atoms. The van der Waals surface area contributed by atoms with Crippen molar-refractivity contribution < 1.29 is 4.52 Å². The molecule has 0 aliphatic rings. The van der Waals surface area contributed by atoms with E-state index in [1.54, 1.807) is 0 Å². The van der Waals surface area contributed by atoms with Crippen LogP contribution in [0, 0.1) is 13.8 Å². The normalized spacial score (nSPS) is 11.2. The number of fused-ring (bicyclic) bond motifs is 1. The van der Waals surface area contributed by atoms with Gasteiger partial charge in [0, 0.05) is 18.7 Å². The van der Waals surface area contributed by atoms with Gasteiger partial charge >= 0.3 is 0 Å². The van der Waals surface area contributed by atoms with Crippen LogP contribution in [0.4, 0.5) is 0 Å². The number of rotatable bonds is 1. The van der Waals surface area contributed by atoms with Gasteiger partial charge in [0.2, 0.25) is 0 Å². The number of hydrogen-bond acceptors (Lipinski definition) is 3. The second-order valence-electron chi connectivity index (χ2n) is 4.25. The van der Waals surface area contributed by atoms with E-state index in [2.05, 4.69) is 20.8 Å². The second-order valence-corrected chi connectivity index (χ2v) is 4.25. The van der Waals surface area contributed by atoms with Gasteiger partial charge in [-0.25, -0.2) is 4.98 Å². The highest BCUT2D eigenvalue weighted by molar-refractivity contribution is 5.81. The summed E-state index contributed by atoms with van der Waals surface area (Å²) in [4.78, 5) is 4.51. The van der Waals surface area contributed by atoms with Crippen LogP contribution < -0.4 is 0 Å². The lowest BCUT2D eigenvalue weighted by atomic mass is 10.1. The van der Waals surface area contributed by atoms with Crippen molar-refractivity contribution in [1.82, 2.24) is 14.7 Å². The summed E-state index contributed by atoms with van der Waals surface area (Å²) in [5, 5.41) is 3.90. The molecule has 3 rings (SSSR count). The molecule has 0 saturated carbocycles. The molecule has 2 heterocycles. The van der Waals surface area contributed by atoms with Gasteiger partial charge in [-0.2, -0.15) is 0 Å². The van der Waals surface area contributed by atoms with Crippen LogP contribution in [0.15, 0.2) is 28.8 Å². The molecule has 0 aliphatic heterocycles. The molecule has 0 N–H and O–H groups in total. The maximum Gasteiger partial charge on any atom is 0.167 e. The predicted molar refractivity (Wildman–Crippen MR) is 65.7 cm³/mol. The molecule has 2 aromatic heterocycles. The number of benzene rings is 1. The van der Waals surface area contributed by atoms with Gasteiger partial charge in [-0.3, -0.25) is 0 Å². The third-order valence-electron chi connectivity index (χ3n) is 3.02. The molecule has 86 valence electrons. The van der Waals surface area contributed by atoms with Crippen LogP contribution in [0.25, 0.3) is 22.4 Å². The highest BCUT2D eigenvalue weighted by atomic mass is 16.5. The van der Waals surface area contributed by atoms with E-state index in [0.29, 0.717) is 0 Å². The van der Waals surface area contributed by atoms with Crippen molar-refractivity contribution >= 4 is 11.0 Å². The summed E-state index contributed by atoms with van der Waals surface area (Å²) in [5.74, 6) is 1.79. The van der Waals surface area contributed by atoms with E-state index in [1.807, 2.05) is 39.1 Å². The molecule has 3 aromatic rings. The lowest BCUT2D eigenvalue weighted by molar-refractivity contribution is 0.427. The molecule has 17 heavy (non-hydrogen) atoms. The third kappa shape index (κ3) is 1.53. The number of aryl methyl sites for hydroxylation is 3. The molecule has 0 fully saturated rings. The number of aromatic nitrogens is 3. The van der Waals surface area contributed by atoms with Gasteiger partial charge in [0.15, 0.2) is 5.76 Å². The molecule has 0 unspecified atom stereocenters. The topological polar surface area (TPSA) is 43.9 Å². The van der Waals surface area contributed by atoms with Gasteiger partial charge in [-0.05, 0) is 32.0 Å². The molecule has 0 amide bonds. The van der Waals surface area contributed by atoms with Crippen LogP contribution in [0.3, 0.4) is 0 Å². The third-order valence-corrected chi connectivity index (χ3v) is 3.02. The van der Waals surface area contributed by atoms with Gasteiger partial charge in [-0.1, -0.05) is 5.16 Å². The highest BCUT2D eigenvalue weighted by Crippen LogP contribution is 2.24. The Labute approximate surface area is 98.9 Å². The molecule has 0 spiro atoms. The van der Waals surface area contributed by atoms with Crippen molar-refractivity contribution in [1.29, 1.82) is 0 Å². The van der Waals surface area contributed by atoms with Crippen molar-refractivity contribution in [3.05, 3.63) is 35.8 Å². The average molecular weight is 227 g/mol. The fraction of sp³-hybridized carbons (Fsp3) is 0.231. The van der Waals surface area contributed by atoms with Crippen molar-refractivity contribution in [3.63, 3.8) is 0 Å². The monoisotopic (exact) mass is 227 g/mol. The first-order valence-electron chi connectivity index (χ1n) is 5.52. The Kier molecular flexibility index (Phi) is 2.04. The molecule has 0 aliphatic carbocycles. The molecule has 0 radical (unpaired) electrons. The zero-order valence-electron chi connectivity index (χ0n) is 10.1. The minimum absolute atomic E-state index is 0.785. The SMILES string of the molecule is Cc1cc(-c2ccc3c(c2)nc(C)n3C)on1. The van der Waals surface area contributed by atoms with Crippen LogP contribution in [-0.2, 0) is 7.05 Å². The lowest BCUT2D eigenvalue weighted by Crippen LogP contribution is -1.89. The first-order valence-corrected chi connectivity index (χ1v) is 5.52. The fourth-order valence-electron chi connectivity index (χ4n) is 1.97. The number of imidazole rings is 1. The minimum atomic E-state index is 0.785. The maximum absolute atomic E-state index is 5.25. The minimum Gasteiger partial charge on any atom is -0.356 e. The molecule has 0 saturated heterocycles. The quantitative estimate of drug-likeness (QED) is 0.642. The zero-order valence-corrected chi connectivity index (χ0v) is 10.1. The van der Waals surface area contributed by atoms with Gasteiger partial charge in [0.25, 0.3) is 0 Å². The Bertz CT molecular complexity index is 694. The Morgan fingerprint density at radius 1 is 1.18 bits per heavy atom. The summed E-state index contributed by atoms with van der Waals surface area (Å²) in [7, 11) is 2.02. The van der Waals surface area contributed by atoms with Crippen molar-refractivity contribution in [2.45, 2.75) is 13.8 Å². The summed E-state index contributed by atoms with van der Waals surface area (Å²) < 4.78 is 7.33. The smallest absolute Gasteiger partial charge is 0.167 e. The maximum atomic E-state index is 5.25. The Balaban J connectivity index is 2.20. The molecule has 0 atom stereocenters. The standard InChI is InChI=1S/C13H13N3O/c1-8-6-13(17-15-8)10-4-5-12-11(7-10)14-9(2)16(12)3/h4-7H,1-3H3. The molecule has 4 nitrogen and oxygen atoms in total. The van der Waals surface area contributed by atoms with E-state index in [-0.39, 0.29) is 0 Å². The van der Waals surface area contributed by atoms with Gasteiger partial charge in [-0.15, -0.1) is 0 Å². The first kappa shape index (κ1) is 10.1. The Morgan fingerprint density at radius 2 is 2.00 bits per heavy atom. The van der Waals surface area contributed by atoms with E-state index in [4.69, 9.17) is 4.52 Å². The van der Waals surface area contributed by atoms with Gasteiger partial charge in [0.05, 0.1) is 16.7 Å². The second kappa shape index (κ2) is 3.45. The summed E-state index contributed by atoms with van der Waals surface area (Å²) in [5.41, 5.74) is 4.01. The van der Waals surface area contributed by atoms with E-state index >= 15 is 0 Å². The van der Waals surface area contributed by atoms with E-state index in [1.165, 1.54) is 0 Å². The summed E-state index contributed by atoms with van der Waals surface area (Å²) in [6, 6.07) is 8.05. The Hall–Kier alpha value is -2.10. The van der Waals surface area contributed by atoms with Crippen molar-refractivity contribution in [2.75, 3.05) is 0 Å². The van der Waals surface area contributed by atoms with Crippen LogP contribution in [-0.4, -0.2) is 14.7 Å². The van der Waals surface area contributed by atoms with E-state index in [9.17, 15) is 0 Å². The molecule has 1 aromatic carbocycles. The molecule has 4 heteroatoms. The van der Waals surface area contributed by atoms with E-state index in [0.717, 1.165) is 33.9 Å². The zero-order chi connectivity index (χ0) is 12.0. The van der Waals surface area contributed by atoms with Gasteiger partial charge < -0.3 is 9.09 Å².